The molecule has 94 valence electrons. The molecule has 1 aromatic rings. The summed E-state index contributed by atoms with van der Waals surface area (Å²) in [5.74, 6) is 0.463. The van der Waals surface area contributed by atoms with Crippen molar-refractivity contribution in [3.63, 3.8) is 0 Å². The zero-order valence-corrected chi connectivity index (χ0v) is 10.1. The number of nitriles is 1. The molecule has 2 atom stereocenters. The Kier molecular flexibility index (Phi) is 2.80. The van der Waals surface area contributed by atoms with Gasteiger partial charge in [-0.25, -0.2) is 0 Å². The minimum Gasteiger partial charge on any atom is -0.379 e. The number of rotatable bonds is 1. The number of H-pyrrole nitrogens is 1. The molecule has 0 aromatic carbocycles. The first-order valence-electron chi connectivity index (χ1n) is 6.27. The quantitative estimate of drug-likeness (QED) is 0.806. The van der Waals surface area contributed by atoms with E-state index in [0.29, 0.717) is 23.8 Å². The maximum absolute atomic E-state index is 12.4. The molecule has 2 fully saturated rings. The van der Waals surface area contributed by atoms with Crippen LogP contribution in [0.5, 0.6) is 0 Å². The molecule has 2 aliphatic heterocycles. The lowest BCUT2D eigenvalue weighted by Gasteiger charge is -2.36. The first-order chi connectivity index (χ1) is 8.79. The topological polar surface area (TPSA) is 69.1 Å². The molecular weight excluding hydrogens is 230 g/mol. The molecule has 0 saturated carbocycles. The van der Waals surface area contributed by atoms with Gasteiger partial charge in [0, 0.05) is 18.7 Å². The van der Waals surface area contributed by atoms with Gasteiger partial charge in [-0.3, -0.25) is 4.79 Å². The van der Waals surface area contributed by atoms with Crippen LogP contribution in [0.3, 0.4) is 0 Å². The molecule has 1 N–H and O–H groups in total. The van der Waals surface area contributed by atoms with Gasteiger partial charge in [-0.15, -0.1) is 0 Å². The Hall–Kier alpha value is -1.80. The summed E-state index contributed by atoms with van der Waals surface area (Å²) in [4.78, 5) is 17.2. The van der Waals surface area contributed by atoms with Crippen molar-refractivity contribution < 1.29 is 9.53 Å². The van der Waals surface area contributed by atoms with E-state index < -0.39 is 0 Å². The summed E-state index contributed by atoms with van der Waals surface area (Å²) in [6.45, 7) is 2.19. The Bertz CT molecular complexity index is 503. The van der Waals surface area contributed by atoms with Crippen LogP contribution in [0.15, 0.2) is 12.3 Å². The van der Waals surface area contributed by atoms with Gasteiger partial charge in [0.05, 0.1) is 24.8 Å². The van der Waals surface area contributed by atoms with Crippen molar-refractivity contribution in [1.29, 1.82) is 5.26 Å². The van der Waals surface area contributed by atoms with Gasteiger partial charge in [-0.1, -0.05) is 0 Å². The molecule has 18 heavy (non-hydrogen) atoms. The lowest BCUT2D eigenvalue weighted by Crippen LogP contribution is -2.48. The van der Waals surface area contributed by atoms with Crippen molar-refractivity contribution in [3.8, 4) is 6.07 Å². The monoisotopic (exact) mass is 245 g/mol. The molecule has 1 amide bonds. The summed E-state index contributed by atoms with van der Waals surface area (Å²) in [7, 11) is 0. The van der Waals surface area contributed by atoms with Crippen LogP contribution in [-0.4, -0.2) is 41.6 Å². The zero-order chi connectivity index (χ0) is 12.5. The van der Waals surface area contributed by atoms with Crippen LogP contribution >= 0.6 is 0 Å². The number of piperidine rings is 1. The van der Waals surface area contributed by atoms with Crippen molar-refractivity contribution in [3.05, 3.63) is 23.5 Å². The van der Waals surface area contributed by atoms with E-state index in [1.165, 1.54) is 0 Å². The zero-order valence-electron chi connectivity index (χ0n) is 10.1. The number of nitrogens with one attached hydrogen (secondary N) is 1. The third-order valence-electron chi connectivity index (χ3n) is 3.84. The highest BCUT2D eigenvalue weighted by molar-refractivity contribution is 5.93. The third-order valence-corrected chi connectivity index (χ3v) is 3.84. The van der Waals surface area contributed by atoms with Crippen LogP contribution in [-0.2, 0) is 4.74 Å². The number of likely N-dealkylation sites (tertiary alicyclic amines) is 1. The van der Waals surface area contributed by atoms with Gasteiger partial charge in [0.1, 0.15) is 11.8 Å². The molecule has 3 rings (SSSR count). The lowest BCUT2D eigenvalue weighted by molar-refractivity contribution is 0.0554. The summed E-state index contributed by atoms with van der Waals surface area (Å²) >= 11 is 0. The number of carbonyl (C=O) groups excluding carboxylic acids is 1. The average molecular weight is 245 g/mol. The summed E-state index contributed by atoms with van der Waals surface area (Å²) in [6.07, 6.45) is 3.74. The number of hydrogen-bond acceptors (Lipinski definition) is 3. The maximum atomic E-state index is 12.4. The highest BCUT2D eigenvalue weighted by Gasteiger charge is 2.38. The Labute approximate surface area is 105 Å². The number of hydrogen-bond donors (Lipinski definition) is 1. The van der Waals surface area contributed by atoms with E-state index >= 15 is 0 Å². The van der Waals surface area contributed by atoms with Crippen LogP contribution in [0.25, 0.3) is 0 Å². The molecule has 0 radical (unpaired) electrons. The van der Waals surface area contributed by atoms with Crippen LogP contribution in [0.1, 0.15) is 28.9 Å². The van der Waals surface area contributed by atoms with E-state index in [-0.39, 0.29) is 11.9 Å². The van der Waals surface area contributed by atoms with Gasteiger partial charge in [-0.05, 0) is 18.9 Å². The molecule has 3 heterocycles. The predicted molar refractivity (Wildman–Crippen MR) is 63.9 cm³/mol. The fourth-order valence-corrected chi connectivity index (χ4v) is 2.89. The number of carbonyl (C=O) groups is 1. The molecule has 2 aliphatic rings. The second-order valence-corrected chi connectivity index (χ2v) is 4.92. The minimum absolute atomic E-state index is 0.0169. The summed E-state index contributed by atoms with van der Waals surface area (Å²) < 4.78 is 5.48. The standard InChI is InChI=1S/C13H15N3O2/c14-5-9-4-11(15-6-9)13(17)16-3-1-2-10-7-18-8-12(10)16/h4,6,10,12,15H,1-3,7-8H2/t10-,12+/m0/s1. The van der Waals surface area contributed by atoms with Gasteiger partial charge >= 0.3 is 0 Å². The molecule has 0 aliphatic carbocycles. The number of nitrogens with zero attached hydrogens (tertiary/aromatic N) is 2. The number of ether oxygens (including phenoxy) is 1. The molecule has 2 saturated heterocycles. The highest BCUT2D eigenvalue weighted by atomic mass is 16.5. The molecule has 1 aromatic heterocycles. The van der Waals surface area contributed by atoms with Gasteiger partial charge in [0.25, 0.3) is 5.91 Å². The van der Waals surface area contributed by atoms with Gasteiger partial charge < -0.3 is 14.6 Å². The van der Waals surface area contributed by atoms with Crippen LogP contribution in [0.4, 0.5) is 0 Å². The van der Waals surface area contributed by atoms with Crippen molar-refractivity contribution in [2.45, 2.75) is 18.9 Å². The normalized spacial score (nSPS) is 26.7. The van der Waals surface area contributed by atoms with Gasteiger partial charge in [0.15, 0.2) is 0 Å². The van der Waals surface area contributed by atoms with Crippen molar-refractivity contribution in [1.82, 2.24) is 9.88 Å². The van der Waals surface area contributed by atoms with E-state index in [2.05, 4.69) is 4.98 Å². The number of aromatic nitrogens is 1. The largest absolute Gasteiger partial charge is 0.379 e. The second-order valence-electron chi connectivity index (χ2n) is 4.92. The Morgan fingerprint density at radius 2 is 2.44 bits per heavy atom. The fraction of sp³-hybridized carbons (Fsp3) is 0.538. The third kappa shape index (κ3) is 1.79. The van der Waals surface area contributed by atoms with Crippen molar-refractivity contribution in [2.24, 2.45) is 5.92 Å². The van der Waals surface area contributed by atoms with Crippen LogP contribution < -0.4 is 0 Å². The van der Waals surface area contributed by atoms with E-state index in [1.807, 2.05) is 11.0 Å². The highest BCUT2D eigenvalue weighted by Crippen LogP contribution is 2.29. The molecule has 0 bridgehead atoms. The van der Waals surface area contributed by atoms with Gasteiger partial charge in [0.2, 0.25) is 0 Å². The van der Waals surface area contributed by atoms with E-state index in [1.54, 1.807) is 12.3 Å². The van der Waals surface area contributed by atoms with Crippen LogP contribution in [0, 0.1) is 17.2 Å². The first kappa shape index (κ1) is 11.3. The maximum Gasteiger partial charge on any atom is 0.270 e. The molecule has 5 heteroatoms. The number of fused-ring (bicyclic) bond motifs is 1. The summed E-state index contributed by atoms with van der Waals surface area (Å²) in [5.41, 5.74) is 0.994. The molecular formula is C13H15N3O2. The molecule has 5 nitrogen and oxygen atoms in total. The van der Waals surface area contributed by atoms with Crippen molar-refractivity contribution >= 4 is 5.91 Å². The average Bonchev–Trinajstić information content (AvgIpc) is 3.05. The lowest BCUT2D eigenvalue weighted by atomic mass is 9.92. The van der Waals surface area contributed by atoms with E-state index in [4.69, 9.17) is 10.00 Å². The minimum atomic E-state index is -0.0169. The van der Waals surface area contributed by atoms with Gasteiger partial charge in [-0.2, -0.15) is 5.26 Å². The Morgan fingerprint density at radius 3 is 3.22 bits per heavy atom. The van der Waals surface area contributed by atoms with E-state index in [0.717, 1.165) is 26.0 Å². The molecule has 0 spiro atoms. The SMILES string of the molecule is N#Cc1c[nH]c(C(=O)N2CCC[C@H]3COC[C@H]32)c1. The summed E-state index contributed by atoms with van der Waals surface area (Å²) in [6, 6.07) is 3.85. The summed E-state index contributed by atoms with van der Waals surface area (Å²) in [5, 5.41) is 8.78. The number of aromatic amines is 1. The first-order valence-corrected chi connectivity index (χ1v) is 6.27. The Morgan fingerprint density at radius 1 is 1.56 bits per heavy atom. The van der Waals surface area contributed by atoms with Crippen molar-refractivity contribution in [2.75, 3.05) is 19.8 Å². The fourth-order valence-electron chi connectivity index (χ4n) is 2.89. The van der Waals surface area contributed by atoms with E-state index in [9.17, 15) is 4.79 Å². The smallest absolute Gasteiger partial charge is 0.270 e. The predicted octanol–water partition coefficient (Wildman–Crippen LogP) is 1.14. The molecule has 0 unspecified atom stereocenters. The Balaban J connectivity index is 1.81. The number of amides is 1. The second kappa shape index (κ2) is 4.46. The van der Waals surface area contributed by atoms with Crippen LogP contribution in [0.2, 0.25) is 0 Å².